The first-order valence-corrected chi connectivity index (χ1v) is 14.4. The third-order valence-electron chi connectivity index (χ3n) is 5.61. The van der Waals surface area contributed by atoms with Gasteiger partial charge in [0, 0.05) is 34.3 Å². The van der Waals surface area contributed by atoms with Crippen LogP contribution in [-0.2, 0) is 26.3 Å². The van der Waals surface area contributed by atoms with Crippen molar-refractivity contribution < 1.29 is 23.8 Å². The number of aryl methyl sites for hydroxylation is 1. The maximum Gasteiger partial charge on any atom is 0.278 e. The molecule has 16 heteroatoms. The molecular formula is C22H21N8O4S4+. The number of thiol groups is 1. The molecule has 3 aromatic rings. The number of fused-ring (bicyclic) bond motifs is 1. The minimum absolute atomic E-state index is 0.00151. The summed E-state index contributed by atoms with van der Waals surface area (Å²) in [6.07, 6.45) is 3.88. The van der Waals surface area contributed by atoms with Crippen molar-refractivity contribution in [2.75, 3.05) is 18.1 Å². The molecule has 0 spiro atoms. The van der Waals surface area contributed by atoms with Crippen molar-refractivity contribution in [3.05, 3.63) is 46.4 Å². The minimum atomic E-state index is -0.893. The zero-order valence-electron chi connectivity index (χ0n) is 20.0. The lowest BCUT2D eigenvalue weighted by Gasteiger charge is -2.49. The van der Waals surface area contributed by atoms with Gasteiger partial charge in [0.15, 0.2) is 17.5 Å². The Morgan fingerprint density at radius 1 is 1.39 bits per heavy atom. The molecule has 5 rings (SSSR count). The van der Waals surface area contributed by atoms with Crippen LogP contribution in [0.3, 0.4) is 0 Å². The number of β-lactam (4-membered cyclic amide) rings is 1. The number of amides is 2. The second-order valence-corrected chi connectivity index (χ2v) is 11.3. The van der Waals surface area contributed by atoms with Gasteiger partial charge in [0.1, 0.15) is 35.8 Å². The summed E-state index contributed by atoms with van der Waals surface area (Å²) in [5.41, 5.74) is 7.94. The van der Waals surface area contributed by atoms with Crippen LogP contribution >= 0.6 is 47.3 Å². The Balaban J connectivity index is 1.38. The Morgan fingerprint density at radius 3 is 2.89 bits per heavy atom. The smallest absolute Gasteiger partial charge is 0.278 e. The van der Waals surface area contributed by atoms with Gasteiger partial charge < -0.3 is 15.9 Å². The normalized spacial score (nSPS) is 19.2. The Bertz CT molecular complexity index is 1500. The lowest BCUT2D eigenvalue weighted by Crippen LogP contribution is -2.70. The fourth-order valence-corrected chi connectivity index (χ4v) is 6.91. The molecule has 5 heterocycles. The number of rotatable bonds is 8. The van der Waals surface area contributed by atoms with Gasteiger partial charge in [-0.3, -0.25) is 19.3 Å². The minimum Gasteiger partial charge on any atom is -0.395 e. The summed E-state index contributed by atoms with van der Waals surface area (Å²) >= 11 is 7.77. The topological polar surface area (TPSA) is 157 Å². The summed E-state index contributed by atoms with van der Waals surface area (Å²) < 4.78 is 5.94. The number of aromatic nitrogens is 4. The van der Waals surface area contributed by atoms with E-state index in [1.165, 1.54) is 28.0 Å². The molecule has 0 unspecified atom stereocenters. The zero-order chi connectivity index (χ0) is 27.0. The number of oxime groups is 1. The average Bonchev–Trinajstić information content (AvgIpc) is 3.56. The second-order valence-electron chi connectivity index (χ2n) is 8.10. The lowest BCUT2D eigenvalue weighted by atomic mass is 10.0. The number of pyridine rings is 1. The Labute approximate surface area is 234 Å². The number of thioether (sulfide) groups is 1. The van der Waals surface area contributed by atoms with E-state index < -0.39 is 28.3 Å². The molecule has 0 aliphatic carbocycles. The first kappa shape index (κ1) is 26.3. The molecule has 1 saturated heterocycles. The highest BCUT2D eigenvalue weighted by Crippen LogP contribution is 2.44. The number of hydrogen-bond donors (Lipinski definition) is 3. The first-order valence-electron chi connectivity index (χ1n) is 11.2. The number of nitrogen functional groups attached to an aromatic ring is 1. The van der Waals surface area contributed by atoms with Gasteiger partial charge in [-0.15, -0.1) is 23.1 Å². The maximum atomic E-state index is 13.2. The summed E-state index contributed by atoms with van der Waals surface area (Å²) in [5, 5.41) is 8.13. The number of hydrogen-bond acceptors (Lipinski definition) is 12. The van der Waals surface area contributed by atoms with E-state index >= 15 is 0 Å². The number of thiazole rings is 1. The van der Waals surface area contributed by atoms with E-state index in [1.54, 1.807) is 6.92 Å². The fraction of sp³-hybridized carbons (Fsp3) is 0.273. The Morgan fingerprint density at radius 2 is 2.21 bits per heavy atom. The van der Waals surface area contributed by atoms with Gasteiger partial charge in [-0.25, -0.2) is 9.55 Å². The average molecular weight is 590 g/mol. The van der Waals surface area contributed by atoms with Crippen LogP contribution in [0.2, 0.25) is 0 Å². The molecule has 0 bridgehead atoms. The van der Waals surface area contributed by atoms with Crippen LogP contribution in [0.25, 0.3) is 16.8 Å². The summed E-state index contributed by atoms with van der Waals surface area (Å²) in [6, 6.07) is 2.98. The van der Waals surface area contributed by atoms with E-state index in [9.17, 15) is 14.4 Å². The van der Waals surface area contributed by atoms with Crippen molar-refractivity contribution >= 4 is 80.6 Å². The van der Waals surface area contributed by atoms with Gasteiger partial charge in [0.25, 0.3) is 11.8 Å². The highest BCUT2D eigenvalue weighted by molar-refractivity contribution is 8.00. The molecule has 38 heavy (non-hydrogen) atoms. The summed E-state index contributed by atoms with van der Waals surface area (Å²) in [7, 11) is 1.92. The van der Waals surface area contributed by atoms with E-state index in [0.29, 0.717) is 16.3 Å². The van der Waals surface area contributed by atoms with Gasteiger partial charge in [-0.1, -0.05) is 17.8 Å². The molecular weight excluding hydrogens is 569 g/mol. The number of anilines is 1. The molecule has 2 amide bonds. The molecule has 12 nitrogen and oxygen atoms in total. The zero-order valence-corrected chi connectivity index (χ0v) is 23.4. The molecule has 0 radical (unpaired) electrons. The fourth-order valence-electron chi connectivity index (χ4n) is 3.92. The van der Waals surface area contributed by atoms with E-state index in [2.05, 4.69) is 32.5 Å². The van der Waals surface area contributed by atoms with Gasteiger partial charge in [-0.2, -0.15) is 9.36 Å². The highest BCUT2D eigenvalue weighted by Gasteiger charge is 2.54. The highest BCUT2D eigenvalue weighted by atomic mass is 32.2. The second kappa shape index (κ2) is 10.8. The standard InChI is InChI=1S/C22H20N8O4S4/c1-3-34-27-13(16-26-22(23)38-28-16)17(31)25-14-19(32)30-15(21(33)35)11(8-37-20(14)30)18-24-12(9-36-18)10-5-4-6-29(2)7-10/h4-7,9,14,20H,3,8H2,1-2H3,(H3-,23,25,26,28,31,33,35)/p+1/b27-13-/t14-,20-/m1/s1. The van der Waals surface area contributed by atoms with Crippen molar-refractivity contribution in [2.45, 2.75) is 18.3 Å². The van der Waals surface area contributed by atoms with Crippen LogP contribution in [0.15, 0.2) is 40.8 Å². The first-order chi connectivity index (χ1) is 18.3. The number of nitrogens with two attached hydrogens (primary N) is 1. The number of carbonyl (C=O) groups excluding carboxylic acids is 3. The molecule has 3 aromatic heterocycles. The third-order valence-corrected chi connectivity index (χ3v) is 8.55. The summed E-state index contributed by atoms with van der Waals surface area (Å²) in [5.74, 6) is -0.733. The summed E-state index contributed by atoms with van der Waals surface area (Å²) in [4.78, 5) is 54.0. The third kappa shape index (κ3) is 4.91. The van der Waals surface area contributed by atoms with Crippen LogP contribution in [0, 0.1) is 0 Å². The van der Waals surface area contributed by atoms with Crippen molar-refractivity contribution in [2.24, 2.45) is 12.2 Å². The van der Waals surface area contributed by atoms with Crippen LogP contribution < -0.4 is 15.6 Å². The van der Waals surface area contributed by atoms with E-state index in [1.807, 2.05) is 41.5 Å². The van der Waals surface area contributed by atoms with Crippen molar-refractivity contribution in [3.63, 3.8) is 0 Å². The number of nitrogens with zero attached hydrogens (tertiary/aromatic N) is 6. The molecule has 196 valence electrons. The molecule has 2 aliphatic rings. The van der Waals surface area contributed by atoms with Gasteiger partial charge >= 0.3 is 0 Å². The largest absolute Gasteiger partial charge is 0.395 e. The van der Waals surface area contributed by atoms with Crippen LogP contribution in [0.1, 0.15) is 17.8 Å². The van der Waals surface area contributed by atoms with Crippen molar-refractivity contribution in [1.82, 2.24) is 24.6 Å². The molecule has 2 atom stereocenters. The van der Waals surface area contributed by atoms with E-state index in [-0.39, 0.29) is 29.0 Å². The molecule has 3 N–H and O–H groups in total. The Hall–Kier alpha value is -3.34. The number of carbonyl (C=O) groups is 3. The van der Waals surface area contributed by atoms with Gasteiger partial charge in [0.2, 0.25) is 16.7 Å². The summed E-state index contributed by atoms with van der Waals surface area (Å²) in [6.45, 7) is 1.92. The quantitative estimate of drug-likeness (QED) is 0.115. The number of nitrogens with one attached hydrogen (secondary N) is 1. The van der Waals surface area contributed by atoms with E-state index in [4.69, 9.17) is 15.6 Å². The molecule has 1 fully saturated rings. The predicted octanol–water partition coefficient (Wildman–Crippen LogP) is 1.08. The molecule has 2 aliphatic heterocycles. The van der Waals surface area contributed by atoms with Gasteiger partial charge in [0.05, 0.1) is 11.3 Å². The SMILES string of the molecule is CCO/N=C(\C(=O)N[C@@H]1C(=O)N2C(C(=O)S)=C(c3nc(-c4ccc[n+](C)c4)cs3)CS[C@H]12)c1nsc(N)n1. The van der Waals surface area contributed by atoms with Crippen LogP contribution in [0.5, 0.6) is 0 Å². The predicted molar refractivity (Wildman–Crippen MR) is 147 cm³/mol. The van der Waals surface area contributed by atoms with Crippen LogP contribution in [-0.4, -0.2) is 65.7 Å². The van der Waals surface area contributed by atoms with Crippen molar-refractivity contribution in [3.8, 4) is 11.3 Å². The van der Waals surface area contributed by atoms with Crippen molar-refractivity contribution in [1.29, 1.82) is 0 Å². The van der Waals surface area contributed by atoms with Gasteiger partial charge in [-0.05, 0) is 13.0 Å². The lowest BCUT2D eigenvalue weighted by molar-refractivity contribution is -0.671. The molecule has 0 aromatic carbocycles. The van der Waals surface area contributed by atoms with E-state index in [0.717, 1.165) is 22.8 Å². The Kier molecular flexibility index (Phi) is 7.47. The van der Waals surface area contributed by atoms with Crippen LogP contribution in [0.4, 0.5) is 5.13 Å². The molecule has 0 saturated carbocycles. The monoisotopic (exact) mass is 589 g/mol. The maximum absolute atomic E-state index is 13.2.